The van der Waals surface area contributed by atoms with E-state index in [9.17, 15) is 9.59 Å². The minimum Gasteiger partial charge on any atom is -0.462 e. The topological polar surface area (TPSA) is 82.5 Å². The molecule has 7 heteroatoms. The Morgan fingerprint density at radius 3 is 3.00 bits per heavy atom. The first-order valence-corrected chi connectivity index (χ1v) is 10.2. The molecule has 0 saturated carbocycles. The van der Waals surface area contributed by atoms with Crippen LogP contribution in [0.3, 0.4) is 0 Å². The molecule has 0 fully saturated rings. The Balaban J connectivity index is 1.65. The van der Waals surface area contributed by atoms with Gasteiger partial charge in [0.05, 0.1) is 29.1 Å². The number of esters is 1. The van der Waals surface area contributed by atoms with Gasteiger partial charge in [0.15, 0.2) is 0 Å². The molecule has 152 valence electrons. The Labute approximate surface area is 165 Å². The fourth-order valence-corrected chi connectivity index (χ4v) is 3.48. The Bertz CT molecular complexity index is 764. The monoisotopic (exact) mass is 387 g/mol. The number of hydrogen-bond acceptors (Lipinski definition) is 5. The predicted molar refractivity (Wildman–Crippen MR) is 105 cm³/mol. The highest BCUT2D eigenvalue weighted by Crippen LogP contribution is 2.19. The summed E-state index contributed by atoms with van der Waals surface area (Å²) in [6.07, 6.45) is 10.1. The molecule has 28 heavy (non-hydrogen) atoms. The molecule has 0 saturated heterocycles. The van der Waals surface area contributed by atoms with Gasteiger partial charge in [-0.15, -0.1) is 0 Å². The van der Waals surface area contributed by atoms with Gasteiger partial charge in [-0.05, 0) is 32.1 Å². The molecule has 1 aliphatic carbocycles. The number of ether oxygens (including phenoxy) is 2. The summed E-state index contributed by atoms with van der Waals surface area (Å²) < 4.78 is 12.9. The van der Waals surface area contributed by atoms with Gasteiger partial charge in [-0.1, -0.05) is 25.2 Å². The number of rotatable bonds is 6. The Morgan fingerprint density at radius 2 is 2.21 bits per heavy atom. The van der Waals surface area contributed by atoms with Gasteiger partial charge in [-0.3, -0.25) is 9.48 Å². The van der Waals surface area contributed by atoms with Gasteiger partial charge in [0.25, 0.3) is 5.91 Å². The lowest BCUT2D eigenvalue weighted by Crippen LogP contribution is -2.26. The molecule has 7 nitrogen and oxygen atoms in total. The van der Waals surface area contributed by atoms with Crippen LogP contribution < -0.4 is 5.32 Å². The number of amides is 1. The standard InChI is InChI=1S/C21H29N3O4/c1-2-17-19-18(10-5-13-27-14-6-11-22-20(19)25)24(23-17)12-7-15-28-21(26)16-8-3-4-9-16/h3,8-9H,2,4-7,10-15H2,1H3,(H,22,25). The normalized spacial score (nSPS) is 17.5. The van der Waals surface area contributed by atoms with E-state index in [4.69, 9.17) is 9.47 Å². The van der Waals surface area contributed by atoms with Crippen molar-refractivity contribution in [3.05, 3.63) is 40.8 Å². The van der Waals surface area contributed by atoms with Gasteiger partial charge in [0, 0.05) is 32.7 Å². The molecule has 1 aromatic heterocycles. The van der Waals surface area contributed by atoms with Crippen LogP contribution in [0.4, 0.5) is 0 Å². The zero-order valence-corrected chi connectivity index (χ0v) is 16.5. The summed E-state index contributed by atoms with van der Waals surface area (Å²) in [5.41, 5.74) is 3.11. The number of allylic oxidation sites excluding steroid dienone is 2. The highest BCUT2D eigenvalue weighted by molar-refractivity contribution is 5.96. The molecule has 1 aromatic rings. The average molecular weight is 387 g/mol. The van der Waals surface area contributed by atoms with E-state index in [1.807, 2.05) is 23.8 Å². The van der Waals surface area contributed by atoms with Crippen molar-refractivity contribution in [2.24, 2.45) is 0 Å². The first kappa shape index (κ1) is 20.3. The van der Waals surface area contributed by atoms with Crippen molar-refractivity contribution >= 4 is 11.9 Å². The summed E-state index contributed by atoms with van der Waals surface area (Å²) in [6, 6.07) is 0. The van der Waals surface area contributed by atoms with Crippen molar-refractivity contribution < 1.29 is 19.1 Å². The van der Waals surface area contributed by atoms with Crippen LogP contribution in [0, 0.1) is 0 Å². The lowest BCUT2D eigenvalue weighted by Gasteiger charge is -2.10. The van der Waals surface area contributed by atoms with Crippen LogP contribution in [0.1, 0.15) is 54.4 Å². The van der Waals surface area contributed by atoms with E-state index in [-0.39, 0.29) is 11.9 Å². The van der Waals surface area contributed by atoms with E-state index < -0.39 is 0 Å². The van der Waals surface area contributed by atoms with Gasteiger partial charge in [0.1, 0.15) is 0 Å². The van der Waals surface area contributed by atoms with Crippen LogP contribution in [0.5, 0.6) is 0 Å². The first-order valence-electron chi connectivity index (χ1n) is 10.2. The lowest BCUT2D eigenvalue weighted by atomic mass is 10.1. The Hall–Kier alpha value is -2.41. The minimum absolute atomic E-state index is 0.0496. The average Bonchev–Trinajstić information content (AvgIpc) is 3.34. The molecule has 0 unspecified atom stereocenters. The number of aryl methyl sites for hydroxylation is 2. The molecule has 2 heterocycles. The first-order chi connectivity index (χ1) is 13.7. The molecule has 1 N–H and O–H groups in total. The van der Waals surface area contributed by atoms with Crippen molar-refractivity contribution in [1.82, 2.24) is 15.1 Å². The molecule has 3 rings (SSSR count). The molecular formula is C21H29N3O4. The summed E-state index contributed by atoms with van der Waals surface area (Å²) in [7, 11) is 0. The highest BCUT2D eigenvalue weighted by atomic mass is 16.5. The van der Waals surface area contributed by atoms with Crippen molar-refractivity contribution in [2.45, 2.75) is 52.0 Å². The van der Waals surface area contributed by atoms with Crippen LogP contribution in [0.15, 0.2) is 23.8 Å². The van der Waals surface area contributed by atoms with Crippen molar-refractivity contribution in [3.8, 4) is 0 Å². The lowest BCUT2D eigenvalue weighted by molar-refractivity contribution is -0.138. The molecule has 1 amide bonds. The second kappa shape index (κ2) is 10.2. The molecular weight excluding hydrogens is 358 g/mol. The van der Waals surface area contributed by atoms with Gasteiger partial charge in [-0.25, -0.2) is 4.79 Å². The van der Waals surface area contributed by atoms with Gasteiger partial charge < -0.3 is 14.8 Å². The largest absolute Gasteiger partial charge is 0.462 e. The van der Waals surface area contributed by atoms with E-state index in [0.29, 0.717) is 56.9 Å². The molecule has 0 spiro atoms. The fraction of sp³-hybridized carbons (Fsp3) is 0.571. The molecule has 0 aromatic carbocycles. The smallest absolute Gasteiger partial charge is 0.337 e. The predicted octanol–water partition coefficient (Wildman–Crippen LogP) is 2.35. The van der Waals surface area contributed by atoms with Gasteiger partial charge >= 0.3 is 5.97 Å². The van der Waals surface area contributed by atoms with Crippen LogP contribution in [-0.2, 0) is 33.7 Å². The second-order valence-corrected chi connectivity index (χ2v) is 6.96. The number of nitrogens with zero attached hydrogens (tertiary/aromatic N) is 2. The number of nitrogens with one attached hydrogen (secondary N) is 1. The van der Waals surface area contributed by atoms with E-state index in [1.165, 1.54) is 0 Å². The number of carbonyl (C=O) groups excluding carboxylic acids is 2. The molecule has 0 atom stereocenters. The maximum Gasteiger partial charge on any atom is 0.337 e. The van der Waals surface area contributed by atoms with E-state index in [2.05, 4.69) is 10.4 Å². The van der Waals surface area contributed by atoms with Crippen LogP contribution in [0.25, 0.3) is 0 Å². The summed E-state index contributed by atoms with van der Waals surface area (Å²) in [4.78, 5) is 24.6. The molecule has 0 bridgehead atoms. The van der Waals surface area contributed by atoms with Crippen LogP contribution in [-0.4, -0.2) is 48.0 Å². The van der Waals surface area contributed by atoms with Crippen LogP contribution in [0.2, 0.25) is 0 Å². The van der Waals surface area contributed by atoms with Crippen molar-refractivity contribution in [2.75, 3.05) is 26.4 Å². The summed E-state index contributed by atoms with van der Waals surface area (Å²) in [5, 5.41) is 7.66. The maximum atomic E-state index is 12.7. The van der Waals surface area contributed by atoms with Crippen molar-refractivity contribution in [3.63, 3.8) is 0 Å². The third kappa shape index (κ3) is 5.10. The second-order valence-electron chi connectivity index (χ2n) is 6.96. The van der Waals surface area contributed by atoms with Gasteiger partial charge in [0.2, 0.25) is 0 Å². The Morgan fingerprint density at radius 1 is 1.36 bits per heavy atom. The van der Waals surface area contributed by atoms with E-state index in [1.54, 1.807) is 6.08 Å². The third-order valence-corrected chi connectivity index (χ3v) is 4.90. The van der Waals surface area contributed by atoms with Gasteiger partial charge in [-0.2, -0.15) is 5.10 Å². The SMILES string of the molecule is CCc1nn(CCCOC(=O)C2=CCC=C2)c2c1C(=O)NCCCOCCC2. The molecule has 0 radical (unpaired) electrons. The summed E-state index contributed by atoms with van der Waals surface area (Å²) in [5.74, 6) is -0.328. The fourth-order valence-electron chi connectivity index (χ4n) is 3.48. The minimum atomic E-state index is -0.278. The third-order valence-electron chi connectivity index (χ3n) is 4.90. The van der Waals surface area contributed by atoms with Crippen molar-refractivity contribution in [1.29, 1.82) is 0 Å². The number of carbonyl (C=O) groups is 2. The van der Waals surface area contributed by atoms with E-state index >= 15 is 0 Å². The molecule has 2 aliphatic rings. The molecule has 1 aliphatic heterocycles. The van der Waals surface area contributed by atoms with E-state index in [0.717, 1.165) is 37.1 Å². The number of aromatic nitrogens is 2. The zero-order valence-electron chi connectivity index (χ0n) is 16.5. The summed E-state index contributed by atoms with van der Waals surface area (Å²) >= 11 is 0. The van der Waals surface area contributed by atoms with Crippen LogP contribution >= 0.6 is 0 Å². The zero-order chi connectivity index (χ0) is 19.8. The number of fused-ring (bicyclic) bond motifs is 1. The highest BCUT2D eigenvalue weighted by Gasteiger charge is 2.22. The summed E-state index contributed by atoms with van der Waals surface area (Å²) in [6.45, 7) is 4.90. The number of hydrogen-bond donors (Lipinski definition) is 1. The quantitative estimate of drug-likeness (QED) is 0.598. The maximum absolute atomic E-state index is 12.7. The Kier molecular flexibility index (Phi) is 7.42.